The van der Waals surface area contributed by atoms with Crippen LogP contribution >= 0.6 is 15.6 Å². The smallest absolute Gasteiger partial charge is 0.462 e. The van der Waals surface area contributed by atoms with Crippen LogP contribution in [0.5, 0.6) is 0 Å². The Balaban J connectivity index is 5.25. The molecular weight excluding hydrogens is 1470 g/mol. The van der Waals surface area contributed by atoms with Gasteiger partial charge in [0.2, 0.25) is 0 Å². The predicted octanol–water partition coefficient (Wildman–Crippen LogP) is 29.7. The van der Waals surface area contributed by atoms with Crippen molar-refractivity contribution in [2.24, 2.45) is 11.8 Å². The molecule has 3 unspecified atom stereocenters. The number of rotatable bonds is 94. The van der Waals surface area contributed by atoms with Crippen LogP contribution in [0.25, 0.3) is 0 Å². The van der Waals surface area contributed by atoms with E-state index in [1.54, 1.807) is 0 Å². The fraction of sp³-hybridized carbons (Fsp3) is 0.958. The molecule has 6 atom stereocenters. The maximum absolute atomic E-state index is 13.2. The van der Waals surface area contributed by atoms with E-state index in [0.29, 0.717) is 25.7 Å². The summed E-state index contributed by atoms with van der Waals surface area (Å²) in [6.45, 7) is 9.82. The van der Waals surface area contributed by atoms with Crippen molar-refractivity contribution in [2.75, 3.05) is 39.6 Å². The first-order valence-corrected chi connectivity index (χ1v) is 52.0. The van der Waals surface area contributed by atoms with Crippen LogP contribution in [0, 0.1) is 11.8 Å². The second kappa shape index (κ2) is 86.0. The van der Waals surface area contributed by atoms with Crippen LogP contribution in [-0.4, -0.2) is 96.7 Å². The molecule has 0 aromatic heterocycles. The van der Waals surface area contributed by atoms with Crippen molar-refractivity contribution in [3.63, 3.8) is 0 Å². The van der Waals surface area contributed by atoms with E-state index in [4.69, 9.17) is 37.0 Å². The maximum Gasteiger partial charge on any atom is 0.472 e. The molecule has 0 rings (SSSR count). The van der Waals surface area contributed by atoms with Crippen LogP contribution in [0.1, 0.15) is 517 Å². The van der Waals surface area contributed by atoms with Crippen LogP contribution in [0.3, 0.4) is 0 Å². The summed E-state index contributed by atoms with van der Waals surface area (Å²) in [5, 5.41) is 10.7. The topological polar surface area (TPSA) is 237 Å². The van der Waals surface area contributed by atoms with Crippen molar-refractivity contribution in [3.05, 3.63) is 0 Å². The maximum atomic E-state index is 13.2. The summed E-state index contributed by atoms with van der Waals surface area (Å²) in [4.78, 5) is 73.6. The van der Waals surface area contributed by atoms with Gasteiger partial charge in [0.1, 0.15) is 19.3 Å². The van der Waals surface area contributed by atoms with Crippen molar-refractivity contribution in [2.45, 2.75) is 535 Å². The monoisotopic (exact) mass is 1660 g/mol. The van der Waals surface area contributed by atoms with Gasteiger partial charge in [0.05, 0.1) is 26.4 Å². The molecule has 0 radical (unpaired) electrons. The molecule has 0 heterocycles. The minimum Gasteiger partial charge on any atom is -0.462 e. The van der Waals surface area contributed by atoms with Crippen molar-refractivity contribution >= 4 is 39.5 Å². The zero-order valence-corrected chi connectivity index (χ0v) is 77.2. The largest absolute Gasteiger partial charge is 0.472 e. The first kappa shape index (κ1) is 112. The number of phosphoric acid groups is 2. The van der Waals surface area contributed by atoms with Gasteiger partial charge in [-0.1, -0.05) is 465 Å². The number of carbonyl (C=O) groups excluding carboxylic acids is 4. The van der Waals surface area contributed by atoms with Crippen LogP contribution in [0.15, 0.2) is 0 Å². The standard InChI is InChI=1S/C95H186O17P2/c1-7-10-12-14-16-18-20-22-23-24-25-26-27-31-36-42-48-54-60-66-72-78-93(98)106-84-91(112-94(99)79-73-67-61-55-49-43-37-32-29-28-30-35-41-46-52-58-64-70-76-88(6)9-3)86-110-114(103,104)108-82-89(96)81-107-113(101,102)109-85-90(83-105-92(97)77-71-65-59-53-47-39-21-19-17-15-13-11-8-2)111-95(100)80-74-68-62-56-50-44-38-33-34-40-45-51-57-63-69-75-87(4)5/h87-91,96H,7-86H2,1-6H3,(H,101,102)(H,103,104)/t88?,89-,90+,91+/m0/s1. The fourth-order valence-corrected chi connectivity index (χ4v) is 16.6. The van der Waals surface area contributed by atoms with E-state index in [1.807, 2.05) is 0 Å². The Bertz CT molecular complexity index is 2170. The van der Waals surface area contributed by atoms with Gasteiger partial charge in [-0.25, -0.2) is 9.13 Å². The molecule has 0 aliphatic carbocycles. The summed E-state index contributed by atoms with van der Waals surface area (Å²) < 4.78 is 69.2. The second-order valence-corrected chi connectivity index (χ2v) is 37.7. The van der Waals surface area contributed by atoms with E-state index in [9.17, 15) is 43.2 Å². The average Bonchev–Trinajstić information content (AvgIpc) is 0.899. The van der Waals surface area contributed by atoms with Gasteiger partial charge in [0.15, 0.2) is 12.2 Å². The Hall–Kier alpha value is -1.94. The summed E-state index contributed by atoms with van der Waals surface area (Å²) in [5.74, 6) is -0.416. The number of hydrogen-bond acceptors (Lipinski definition) is 15. The molecule has 0 fully saturated rings. The molecule has 19 heteroatoms. The zero-order chi connectivity index (χ0) is 83.4. The molecule has 0 saturated carbocycles. The molecule has 114 heavy (non-hydrogen) atoms. The lowest BCUT2D eigenvalue weighted by molar-refractivity contribution is -0.161. The van der Waals surface area contributed by atoms with E-state index in [1.165, 1.54) is 334 Å². The molecular formula is C95H186O17P2. The lowest BCUT2D eigenvalue weighted by Gasteiger charge is -2.21. The van der Waals surface area contributed by atoms with Gasteiger partial charge in [-0.2, -0.15) is 0 Å². The summed E-state index contributed by atoms with van der Waals surface area (Å²) >= 11 is 0. The number of esters is 4. The first-order chi connectivity index (χ1) is 55.4. The first-order valence-electron chi connectivity index (χ1n) is 49.0. The van der Waals surface area contributed by atoms with Crippen LogP contribution < -0.4 is 0 Å². The SMILES string of the molecule is CCCCCCCCCCCCCCCCCCCCCCCC(=O)OC[C@H](COP(=O)(O)OC[C@@H](O)COP(=O)(O)OC[C@@H](COC(=O)CCCCCCCCCCCCCCC)OC(=O)CCCCCCCCCCCCCCCCCC(C)C)OC(=O)CCCCCCCCCCCCCCCCCCCCC(C)CC. The molecule has 0 bridgehead atoms. The minimum atomic E-state index is -4.97. The summed E-state index contributed by atoms with van der Waals surface area (Å²) in [6.07, 6.45) is 82.0. The summed E-state index contributed by atoms with van der Waals surface area (Å²) in [6, 6.07) is 0. The average molecular weight is 1660 g/mol. The van der Waals surface area contributed by atoms with Crippen LogP contribution in [0.2, 0.25) is 0 Å². The molecule has 3 N–H and O–H groups in total. The molecule has 0 aliphatic rings. The zero-order valence-electron chi connectivity index (χ0n) is 75.4. The number of unbranched alkanes of at least 4 members (excludes halogenated alkanes) is 63. The van der Waals surface area contributed by atoms with Crippen LogP contribution in [-0.2, 0) is 65.4 Å². The third-order valence-electron chi connectivity index (χ3n) is 22.8. The number of phosphoric ester groups is 2. The Morgan fingerprint density at radius 3 is 0.667 bits per heavy atom. The van der Waals surface area contributed by atoms with Gasteiger partial charge in [-0.15, -0.1) is 0 Å². The van der Waals surface area contributed by atoms with Gasteiger partial charge in [0, 0.05) is 25.7 Å². The Morgan fingerprint density at radius 2 is 0.447 bits per heavy atom. The van der Waals surface area contributed by atoms with Crippen LogP contribution in [0.4, 0.5) is 0 Å². The van der Waals surface area contributed by atoms with E-state index in [-0.39, 0.29) is 25.7 Å². The lowest BCUT2D eigenvalue weighted by atomic mass is 9.99. The molecule has 0 amide bonds. The molecule has 0 aromatic rings. The highest BCUT2D eigenvalue weighted by Crippen LogP contribution is 2.45. The van der Waals surface area contributed by atoms with Crippen molar-refractivity contribution in [3.8, 4) is 0 Å². The Kier molecular flexibility index (Phi) is 84.6. The summed E-state index contributed by atoms with van der Waals surface area (Å²) in [5.41, 5.74) is 0. The highest BCUT2D eigenvalue weighted by atomic mass is 31.2. The summed E-state index contributed by atoms with van der Waals surface area (Å²) in [7, 11) is -9.94. The second-order valence-electron chi connectivity index (χ2n) is 34.8. The number of aliphatic hydroxyl groups excluding tert-OH is 1. The van der Waals surface area contributed by atoms with Gasteiger partial charge >= 0.3 is 39.5 Å². The quantitative estimate of drug-likeness (QED) is 0.0222. The number of ether oxygens (including phenoxy) is 4. The van der Waals surface area contributed by atoms with E-state index >= 15 is 0 Å². The molecule has 0 spiro atoms. The number of aliphatic hydroxyl groups is 1. The molecule has 678 valence electrons. The Morgan fingerprint density at radius 1 is 0.254 bits per heavy atom. The molecule has 0 aromatic carbocycles. The van der Waals surface area contributed by atoms with Crippen molar-refractivity contribution < 1.29 is 80.2 Å². The van der Waals surface area contributed by atoms with Crippen molar-refractivity contribution in [1.82, 2.24) is 0 Å². The molecule has 0 saturated heterocycles. The predicted molar refractivity (Wildman–Crippen MR) is 474 cm³/mol. The number of hydrogen-bond donors (Lipinski definition) is 3. The molecule has 17 nitrogen and oxygen atoms in total. The minimum absolute atomic E-state index is 0.109. The normalized spacial score (nSPS) is 13.9. The van der Waals surface area contributed by atoms with Gasteiger partial charge in [0.25, 0.3) is 0 Å². The van der Waals surface area contributed by atoms with Gasteiger partial charge in [-0.05, 0) is 37.5 Å². The highest BCUT2D eigenvalue weighted by molar-refractivity contribution is 7.47. The van der Waals surface area contributed by atoms with Gasteiger partial charge < -0.3 is 33.8 Å². The highest BCUT2D eigenvalue weighted by Gasteiger charge is 2.31. The lowest BCUT2D eigenvalue weighted by Crippen LogP contribution is -2.30. The third-order valence-corrected chi connectivity index (χ3v) is 24.7. The van der Waals surface area contributed by atoms with E-state index < -0.39 is 97.5 Å². The fourth-order valence-electron chi connectivity index (χ4n) is 15.0. The van der Waals surface area contributed by atoms with E-state index in [0.717, 1.165) is 102 Å². The van der Waals surface area contributed by atoms with Gasteiger partial charge in [-0.3, -0.25) is 37.3 Å². The Labute approximate surface area is 702 Å². The number of carbonyl (C=O) groups is 4. The van der Waals surface area contributed by atoms with E-state index in [2.05, 4.69) is 41.5 Å². The third kappa shape index (κ3) is 86.4. The van der Waals surface area contributed by atoms with Crippen molar-refractivity contribution in [1.29, 1.82) is 0 Å². The molecule has 0 aliphatic heterocycles.